The van der Waals surface area contributed by atoms with Crippen molar-refractivity contribution >= 4 is 21.9 Å². The molecule has 25 heavy (non-hydrogen) atoms. The van der Waals surface area contributed by atoms with E-state index >= 15 is 0 Å². The minimum Gasteiger partial charge on any atom is -0.455 e. The van der Waals surface area contributed by atoms with E-state index in [-0.39, 0.29) is 46.3 Å². The fraction of sp³-hybridized carbons (Fsp3) is 0.261. The maximum atomic E-state index is 8.41. The molecule has 0 N–H and O–H groups in total. The Hall–Kier alpha value is -2.61. The molecule has 1 aliphatic carbocycles. The maximum Gasteiger partial charge on any atom is 0.145 e. The van der Waals surface area contributed by atoms with Crippen molar-refractivity contribution in [3.63, 3.8) is 0 Å². The monoisotopic (exact) mass is 337 g/mol. The highest BCUT2D eigenvalue weighted by Crippen LogP contribution is 2.38. The van der Waals surface area contributed by atoms with E-state index in [0.29, 0.717) is 22.0 Å². The van der Waals surface area contributed by atoms with Gasteiger partial charge in [0.05, 0.1) is 5.69 Å². The predicted octanol–water partition coefficient (Wildman–Crippen LogP) is 6.14. The normalized spacial score (nSPS) is 25.1. The van der Waals surface area contributed by atoms with Gasteiger partial charge in [-0.2, -0.15) is 0 Å². The van der Waals surface area contributed by atoms with Crippen LogP contribution in [-0.2, 0) is 12.7 Å². The van der Waals surface area contributed by atoms with Crippen molar-refractivity contribution in [3.8, 4) is 11.3 Å². The summed E-state index contributed by atoms with van der Waals surface area (Å²) in [5.74, 6) is 0. The van der Waals surface area contributed by atoms with E-state index in [4.69, 9.17) is 18.1 Å². The summed E-state index contributed by atoms with van der Waals surface area (Å²) in [7, 11) is 0. The molecule has 0 radical (unpaired) electrons. The number of hydrogen-bond donors (Lipinski definition) is 0. The lowest BCUT2D eigenvalue weighted by Gasteiger charge is -2.16. The zero-order valence-electron chi connectivity index (χ0n) is 23.3. The van der Waals surface area contributed by atoms with Crippen LogP contribution >= 0.6 is 0 Å². The SMILES string of the molecule is [2H]C([2H])([2H])c1ccc2c(c1)oc1c(-c3cc4c(cn3)C([2H])([2H])CCC4([2H])[2H])ccc(C([2H])([2H])[2H])c12. The molecule has 2 aromatic carbocycles. The van der Waals surface area contributed by atoms with Gasteiger partial charge in [0.2, 0.25) is 0 Å². The number of aryl methyl sites for hydroxylation is 4. The molecule has 2 nitrogen and oxygen atoms in total. The van der Waals surface area contributed by atoms with Gasteiger partial charge in [-0.15, -0.1) is 0 Å². The van der Waals surface area contributed by atoms with Gasteiger partial charge in [-0.25, -0.2) is 0 Å². The predicted molar refractivity (Wildman–Crippen MR) is 103 cm³/mol. The van der Waals surface area contributed by atoms with Crippen molar-refractivity contribution in [2.24, 2.45) is 0 Å². The molecular formula is C23H21NO. The molecule has 0 saturated heterocycles. The third-order valence-corrected chi connectivity index (χ3v) is 4.56. The maximum absolute atomic E-state index is 8.41. The third-order valence-electron chi connectivity index (χ3n) is 4.56. The number of furan rings is 1. The Kier molecular flexibility index (Phi) is 1.69. The standard InChI is InChI=1S/C23H21NO/c1-14-7-9-19-21(11-14)25-23-18(10-8-15(2)22(19)23)20-12-16-5-3-4-6-17(16)13-24-20/h7-13H,3-6H2,1-2H3/i1D3,2D3,5D2,6D2. The Balaban J connectivity index is 1.81. The highest BCUT2D eigenvalue weighted by atomic mass is 16.3. The third kappa shape index (κ3) is 2.28. The van der Waals surface area contributed by atoms with Crippen LogP contribution in [0.25, 0.3) is 33.2 Å². The number of aromatic nitrogens is 1. The first-order valence-electron chi connectivity index (χ1n) is 13.1. The lowest BCUT2D eigenvalue weighted by Crippen LogP contribution is -2.03. The summed E-state index contributed by atoms with van der Waals surface area (Å²) in [4.78, 5) is 4.40. The van der Waals surface area contributed by atoms with E-state index in [0.717, 1.165) is 0 Å². The topological polar surface area (TPSA) is 26.0 Å². The largest absolute Gasteiger partial charge is 0.455 e. The Bertz CT molecular complexity index is 1480. The summed E-state index contributed by atoms with van der Waals surface area (Å²) in [5, 5.41) is 0.762. The van der Waals surface area contributed by atoms with Crippen molar-refractivity contribution in [1.82, 2.24) is 4.98 Å². The molecule has 0 bridgehead atoms. The van der Waals surface area contributed by atoms with E-state index in [2.05, 4.69) is 4.98 Å². The summed E-state index contributed by atoms with van der Waals surface area (Å²) in [6, 6.07) is 8.83. The highest BCUT2D eigenvalue weighted by molar-refractivity contribution is 6.11. The molecular weight excluding hydrogens is 306 g/mol. The fourth-order valence-corrected chi connectivity index (χ4v) is 3.37. The van der Waals surface area contributed by atoms with E-state index in [9.17, 15) is 0 Å². The average Bonchev–Trinajstić information content (AvgIpc) is 3.13. The van der Waals surface area contributed by atoms with Crippen LogP contribution in [0.3, 0.4) is 0 Å². The van der Waals surface area contributed by atoms with Crippen LogP contribution in [0.5, 0.6) is 0 Å². The first kappa shape index (κ1) is 7.74. The molecule has 5 rings (SSSR count). The van der Waals surface area contributed by atoms with E-state index in [1.54, 1.807) is 6.07 Å². The lowest BCUT2D eigenvalue weighted by molar-refractivity contribution is 0.668. The fourth-order valence-electron chi connectivity index (χ4n) is 3.37. The first-order chi connectivity index (χ1) is 16.1. The van der Waals surface area contributed by atoms with Gasteiger partial charge in [0, 0.05) is 36.2 Å². The zero-order valence-corrected chi connectivity index (χ0v) is 13.3. The Morgan fingerprint density at radius 1 is 1.04 bits per heavy atom. The summed E-state index contributed by atoms with van der Waals surface area (Å²) in [5.41, 5.74) is 1.63. The van der Waals surface area contributed by atoms with Crippen molar-refractivity contribution in [2.75, 3.05) is 0 Å². The summed E-state index contributed by atoms with van der Waals surface area (Å²) in [6.45, 7) is -4.83. The zero-order chi connectivity index (χ0) is 25.6. The van der Waals surface area contributed by atoms with Crippen molar-refractivity contribution < 1.29 is 18.1 Å². The minimum absolute atomic E-state index is 0.0202. The molecule has 124 valence electrons. The van der Waals surface area contributed by atoms with E-state index < -0.39 is 26.4 Å². The molecule has 0 saturated carbocycles. The van der Waals surface area contributed by atoms with Crippen LogP contribution in [0.2, 0.25) is 0 Å². The van der Waals surface area contributed by atoms with Gasteiger partial charge in [-0.1, -0.05) is 18.2 Å². The van der Waals surface area contributed by atoms with Gasteiger partial charge in [0.1, 0.15) is 11.2 Å². The number of nitrogens with zero attached hydrogens (tertiary/aromatic N) is 1. The molecule has 2 heterocycles. The van der Waals surface area contributed by atoms with E-state index in [1.165, 1.54) is 36.5 Å². The molecule has 2 aromatic heterocycles. The van der Waals surface area contributed by atoms with Crippen LogP contribution in [0.4, 0.5) is 0 Å². The number of pyridine rings is 1. The van der Waals surface area contributed by atoms with Gasteiger partial charge in [0.15, 0.2) is 0 Å². The van der Waals surface area contributed by atoms with Crippen LogP contribution in [0, 0.1) is 13.7 Å². The van der Waals surface area contributed by atoms with Gasteiger partial charge in [0.25, 0.3) is 0 Å². The van der Waals surface area contributed by atoms with Crippen LogP contribution in [-0.4, -0.2) is 4.98 Å². The molecule has 1 aliphatic rings. The Morgan fingerprint density at radius 3 is 2.84 bits per heavy atom. The summed E-state index contributed by atoms with van der Waals surface area (Å²) in [6.07, 6.45) is -2.06. The second-order valence-electron chi connectivity index (χ2n) is 6.15. The number of benzene rings is 2. The molecule has 0 spiro atoms. The molecule has 0 unspecified atom stereocenters. The number of hydrogen-bond acceptors (Lipinski definition) is 2. The van der Waals surface area contributed by atoms with Crippen LogP contribution in [0.15, 0.2) is 47.0 Å². The molecule has 4 aromatic rings. The molecule has 2 heteroatoms. The number of fused-ring (bicyclic) bond motifs is 4. The Morgan fingerprint density at radius 2 is 1.96 bits per heavy atom. The number of rotatable bonds is 1. The van der Waals surface area contributed by atoms with Crippen molar-refractivity contribution in [2.45, 2.75) is 39.3 Å². The van der Waals surface area contributed by atoms with Gasteiger partial charge < -0.3 is 4.42 Å². The summed E-state index contributed by atoms with van der Waals surface area (Å²) >= 11 is 0. The van der Waals surface area contributed by atoms with Gasteiger partial charge in [-0.3, -0.25) is 4.98 Å². The summed E-state index contributed by atoms with van der Waals surface area (Å²) < 4.78 is 86.5. The van der Waals surface area contributed by atoms with Crippen LogP contribution < -0.4 is 0 Å². The van der Waals surface area contributed by atoms with Gasteiger partial charge >= 0.3 is 0 Å². The molecule has 0 aliphatic heterocycles. The second kappa shape index (κ2) is 5.45. The highest BCUT2D eigenvalue weighted by Gasteiger charge is 2.17. The first-order valence-corrected chi connectivity index (χ1v) is 8.11. The second-order valence-corrected chi connectivity index (χ2v) is 6.15. The average molecular weight is 337 g/mol. The quantitative estimate of drug-likeness (QED) is 0.417. The van der Waals surface area contributed by atoms with Crippen LogP contribution in [0.1, 0.15) is 48.8 Å². The molecule has 0 atom stereocenters. The van der Waals surface area contributed by atoms with Crippen molar-refractivity contribution in [1.29, 1.82) is 0 Å². The molecule has 0 amide bonds. The molecule has 0 fully saturated rings. The Labute approximate surface area is 161 Å². The lowest BCUT2D eigenvalue weighted by atomic mass is 9.92. The van der Waals surface area contributed by atoms with Crippen molar-refractivity contribution in [3.05, 3.63) is 64.8 Å². The van der Waals surface area contributed by atoms with Gasteiger partial charge in [-0.05, 0) is 79.7 Å². The smallest absolute Gasteiger partial charge is 0.145 e. The van der Waals surface area contributed by atoms with E-state index in [1.807, 2.05) is 0 Å². The minimum atomic E-state index is -2.47.